The third-order valence-corrected chi connectivity index (χ3v) is 2.48. The second-order valence-corrected chi connectivity index (χ2v) is 4.55. The Morgan fingerprint density at radius 3 is 2.52 bits per heavy atom. The van der Waals surface area contributed by atoms with E-state index >= 15 is 0 Å². The molecule has 0 spiro atoms. The van der Waals surface area contributed by atoms with E-state index in [1.807, 2.05) is 19.0 Å². The number of nitrogens with zero attached hydrogens (tertiary/aromatic N) is 3. The van der Waals surface area contributed by atoms with Crippen molar-refractivity contribution in [3.63, 3.8) is 0 Å². The number of hydrogen-bond acceptors (Lipinski definition) is 6. The smallest absolute Gasteiger partial charge is 0.378 e. The standard InChI is InChI=1S/C12H20F3N5O/c1-16-11-18-9(12(13,14)15)8-10(19-11)17-4-6-21-7-5-20(2)3/h8H,4-7H2,1-3H3,(H2,16,17,18,19). The quantitative estimate of drug-likeness (QED) is 0.710. The second-order valence-electron chi connectivity index (χ2n) is 4.55. The summed E-state index contributed by atoms with van der Waals surface area (Å²) in [6.45, 7) is 2.10. The Balaban J connectivity index is 2.51. The highest BCUT2D eigenvalue weighted by atomic mass is 19.4. The summed E-state index contributed by atoms with van der Waals surface area (Å²) in [6.07, 6.45) is -4.51. The molecular formula is C12H20F3N5O. The number of halogens is 3. The summed E-state index contributed by atoms with van der Waals surface area (Å²) in [5, 5.41) is 5.29. The van der Waals surface area contributed by atoms with Crippen molar-refractivity contribution in [2.45, 2.75) is 6.18 Å². The van der Waals surface area contributed by atoms with Gasteiger partial charge in [0.25, 0.3) is 0 Å². The summed E-state index contributed by atoms with van der Waals surface area (Å²) in [5.41, 5.74) is -0.988. The van der Waals surface area contributed by atoms with Crippen molar-refractivity contribution in [3.8, 4) is 0 Å². The minimum absolute atomic E-state index is 0.0825. The van der Waals surface area contributed by atoms with E-state index in [1.54, 1.807) is 0 Å². The Morgan fingerprint density at radius 1 is 1.24 bits per heavy atom. The van der Waals surface area contributed by atoms with Crippen molar-refractivity contribution in [1.29, 1.82) is 0 Å². The van der Waals surface area contributed by atoms with Crippen LogP contribution in [-0.2, 0) is 10.9 Å². The maximum atomic E-state index is 12.7. The van der Waals surface area contributed by atoms with Crippen molar-refractivity contribution < 1.29 is 17.9 Å². The first-order valence-electron chi connectivity index (χ1n) is 6.43. The highest BCUT2D eigenvalue weighted by molar-refractivity contribution is 5.42. The molecule has 21 heavy (non-hydrogen) atoms. The molecule has 0 radical (unpaired) electrons. The molecule has 2 N–H and O–H groups in total. The van der Waals surface area contributed by atoms with Crippen LogP contribution in [0.2, 0.25) is 0 Å². The van der Waals surface area contributed by atoms with Gasteiger partial charge in [0.15, 0.2) is 5.69 Å². The van der Waals surface area contributed by atoms with Gasteiger partial charge in [0, 0.05) is 26.2 Å². The van der Waals surface area contributed by atoms with Gasteiger partial charge in [-0.05, 0) is 14.1 Å². The lowest BCUT2D eigenvalue weighted by Gasteiger charge is -2.12. The average Bonchev–Trinajstić information content (AvgIpc) is 2.41. The maximum Gasteiger partial charge on any atom is 0.433 e. The van der Waals surface area contributed by atoms with E-state index in [0.29, 0.717) is 19.8 Å². The largest absolute Gasteiger partial charge is 0.433 e. The van der Waals surface area contributed by atoms with Gasteiger partial charge >= 0.3 is 6.18 Å². The fourth-order valence-electron chi connectivity index (χ4n) is 1.40. The minimum Gasteiger partial charge on any atom is -0.378 e. The molecule has 0 aliphatic heterocycles. The second kappa shape index (κ2) is 7.99. The molecule has 0 aliphatic rings. The van der Waals surface area contributed by atoms with E-state index in [-0.39, 0.29) is 11.8 Å². The summed E-state index contributed by atoms with van der Waals surface area (Å²) in [5.74, 6) is 0.0266. The molecular weight excluding hydrogens is 287 g/mol. The Hall–Kier alpha value is -1.61. The first-order valence-corrected chi connectivity index (χ1v) is 6.43. The van der Waals surface area contributed by atoms with Crippen LogP contribution < -0.4 is 10.6 Å². The fraction of sp³-hybridized carbons (Fsp3) is 0.667. The molecule has 0 aromatic carbocycles. The Morgan fingerprint density at radius 2 is 1.95 bits per heavy atom. The highest BCUT2D eigenvalue weighted by Gasteiger charge is 2.33. The summed E-state index contributed by atoms with van der Waals surface area (Å²) < 4.78 is 43.4. The third kappa shape index (κ3) is 6.58. The van der Waals surface area contributed by atoms with Crippen LogP contribution in [0.5, 0.6) is 0 Å². The normalized spacial score (nSPS) is 11.8. The molecule has 1 heterocycles. The zero-order valence-corrected chi connectivity index (χ0v) is 12.3. The van der Waals surface area contributed by atoms with E-state index in [1.165, 1.54) is 7.05 Å². The molecule has 0 amide bonds. The van der Waals surface area contributed by atoms with E-state index in [4.69, 9.17) is 4.74 Å². The van der Waals surface area contributed by atoms with Crippen LogP contribution in [0.3, 0.4) is 0 Å². The first-order chi connectivity index (χ1) is 9.82. The van der Waals surface area contributed by atoms with Crippen LogP contribution in [0.25, 0.3) is 0 Å². The number of alkyl halides is 3. The number of nitrogens with one attached hydrogen (secondary N) is 2. The molecule has 0 bridgehead atoms. The van der Waals surface area contributed by atoms with Gasteiger partial charge < -0.3 is 20.3 Å². The Labute approximate surface area is 121 Å². The lowest BCUT2D eigenvalue weighted by Crippen LogP contribution is -2.20. The molecule has 0 aliphatic carbocycles. The number of ether oxygens (including phenoxy) is 1. The van der Waals surface area contributed by atoms with Gasteiger partial charge in [-0.2, -0.15) is 18.2 Å². The lowest BCUT2D eigenvalue weighted by molar-refractivity contribution is -0.141. The zero-order valence-electron chi connectivity index (χ0n) is 12.3. The Kier molecular flexibility index (Phi) is 6.63. The molecule has 120 valence electrons. The van der Waals surface area contributed by atoms with Gasteiger partial charge in [-0.1, -0.05) is 0 Å². The van der Waals surface area contributed by atoms with Gasteiger partial charge in [-0.3, -0.25) is 0 Å². The number of rotatable bonds is 8. The van der Waals surface area contributed by atoms with E-state index in [0.717, 1.165) is 12.6 Å². The molecule has 9 heteroatoms. The number of hydrogen-bond donors (Lipinski definition) is 2. The Bertz CT molecular complexity index is 439. The van der Waals surface area contributed by atoms with E-state index < -0.39 is 11.9 Å². The molecule has 0 saturated carbocycles. The molecule has 0 fully saturated rings. The van der Waals surface area contributed by atoms with E-state index in [2.05, 4.69) is 20.6 Å². The predicted molar refractivity (Wildman–Crippen MR) is 74.4 cm³/mol. The molecule has 0 saturated heterocycles. The fourth-order valence-corrected chi connectivity index (χ4v) is 1.40. The summed E-state index contributed by atoms with van der Waals surface area (Å²) in [7, 11) is 5.32. The number of aromatic nitrogens is 2. The minimum atomic E-state index is -4.51. The van der Waals surface area contributed by atoms with Gasteiger partial charge in [0.2, 0.25) is 5.95 Å². The first kappa shape index (κ1) is 17.4. The van der Waals surface area contributed by atoms with Crippen LogP contribution in [0.4, 0.5) is 24.9 Å². The van der Waals surface area contributed by atoms with Crippen LogP contribution in [0.15, 0.2) is 6.07 Å². The van der Waals surface area contributed by atoms with E-state index in [9.17, 15) is 13.2 Å². The van der Waals surface area contributed by atoms with Crippen LogP contribution >= 0.6 is 0 Å². The van der Waals surface area contributed by atoms with Crippen molar-refractivity contribution in [2.75, 3.05) is 58.1 Å². The third-order valence-electron chi connectivity index (χ3n) is 2.48. The molecule has 1 aromatic rings. The van der Waals surface area contributed by atoms with Crippen molar-refractivity contribution in [1.82, 2.24) is 14.9 Å². The van der Waals surface area contributed by atoms with Crippen LogP contribution in [0, 0.1) is 0 Å². The maximum absolute atomic E-state index is 12.7. The summed E-state index contributed by atoms with van der Waals surface area (Å²) in [6, 6.07) is 0.876. The lowest BCUT2D eigenvalue weighted by atomic mass is 10.3. The van der Waals surface area contributed by atoms with Gasteiger partial charge in [-0.25, -0.2) is 4.98 Å². The zero-order chi connectivity index (χ0) is 15.9. The van der Waals surface area contributed by atoms with Crippen molar-refractivity contribution in [3.05, 3.63) is 11.8 Å². The van der Waals surface area contributed by atoms with Gasteiger partial charge in [0.05, 0.1) is 13.2 Å². The van der Waals surface area contributed by atoms with Gasteiger partial charge in [-0.15, -0.1) is 0 Å². The molecule has 1 aromatic heterocycles. The van der Waals surface area contributed by atoms with Crippen LogP contribution in [0.1, 0.15) is 5.69 Å². The average molecular weight is 307 g/mol. The molecule has 6 nitrogen and oxygen atoms in total. The topological polar surface area (TPSA) is 62.3 Å². The van der Waals surface area contributed by atoms with Crippen molar-refractivity contribution >= 4 is 11.8 Å². The SMILES string of the molecule is CNc1nc(NCCOCCN(C)C)cc(C(F)(F)F)n1. The molecule has 0 unspecified atom stereocenters. The summed E-state index contributed by atoms with van der Waals surface area (Å²) >= 11 is 0. The van der Waals surface area contributed by atoms with Gasteiger partial charge in [0.1, 0.15) is 5.82 Å². The molecule has 1 rings (SSSR count). The predicted octanol–water partition coefficient (Wildman–Crippen LogP) is 1.53. The van der Waals surface area contributed by atoms with Crippen LogP contribution in [-0.4, -0.2) is 62.3 Å². The highest BCUT2D eigenvalue weighted by Crippen LogP contribution is 2.29. The molecule has 0 atom stereocenters. The monoisotopic (exact) mass is 307 g/mol. The number of anilines is 2. The van der Waals surface area contributed by atoms with Crippen molar-refractivity contribution in [2.24, 2.45) is 0 Å². The summed E-state index contributed by atoms with van der Waals surface area (Å²) in [4.78, 5) is 9.27. The number of likely N-dealkylation sites (N-methyl/N-ethyl adjacent to an activating group) is 1.